The smallest absolute Gasteiger partial charge is 0.0564 e. The summed E-state index contributed by atoms with van der Waals surface area (Å²) in [5.41, 5.74) is 0. The molecule has 0 heterocycles. The van der Waals surface area contributed by atoms with Gasteiger partial charge in [-0.2, -0.15) is 5.96 Å². The minimum absolute atomic E-state index is 1.32. The Morgan fingerprint density at radius 1 is 1.17 bits per heavy atom. The van der Waals surface area contributed by atoms with E-state index in [-0.39, 0.29) is 0 Å². The van der Waals surface area contributed by atoms with Gasteiger partial charge in [-0.3, -0.25) is 0 Å². The van der Waals surface area contributed by atoms with Crippen LogP contribution in [0.1, 0.15) is 26.7 Å². The highest BCUT2D eigenvalue weighted by molar-refractivity contribution is 4.12. The molecule has 2 heteroatoms. The van der Waals surface area contributed by atoms with Gasteiger partial charge in [0.25, 0.3) is 0 Å². The van der Waals surface area contributed by atoms with Crippen LogP contribution in [0, 0.1) is 0 Å². The van der Waals surface area contributed by atoms with Crippen LogP contribution in [-0.2, 0) is 0 Å². The molecular weight excluding hydrogens is 81.0 g/mol. The van der Waals surface area contributed by atoms with Crippen molar-refractivity contribution in [2.24, 2.45) is 5.96 Å². The van der Waals surface area contributed by atoms with Crippen LogP contribution in [0.15, 0.2) is 0 Å². The fourth-order valence-electron chi connectivity index (χ4n) is 0. The summed E-state index contributed by atoms with van der Waals surface area (Å²) in [7, 11) is 0. The van der Waals surface area contributed by atoms with Crippen molar-refractivity contribution in [1.29, 1.82) is 0 Å². The Morgan fingerprint density at radius 2 is 1.33 bits per heavy atom. The molecule has 0 saturated carbocycles. The summed E-state index contributed by atoms with van der Waals surface area (Å²) < 4.78 is 9.00. The van der Waals surface area contributed by atoms with E-state index < -0.39 is 0 Å². The van der Waals surface area contributed by atoms with Gasteiger partial charge < -0.3 is 0 Å². The molecule has 0 bridgehead atoms. The van der Waals surface area contributed by atoms with Gasteiger partial charge in [-0.05, 0) is 0 Å². The lowest BCUT2D eigenvalue weighted by molar-refractivity contribution is 0.530. The van der Waals surface area contributed by atoms with Crippen molar-refractivity contribution in [3.05, 3.63) is 0 Å². The molecule has 0 aliphatic heterocycles. The predicted octanol–water partition coefficient (Wildman–Crippen LogP) is 1.64. The van der Waals surface area contributed by atoms with E-state index in [0.717, 1.165) is 0 Å². The lowest BCUT2D eigenvalue weighted by Crippen LogP contribution is -1.53. The first-order valence-electron chi connectivity index (χ1n) is 2.13. The molecule has 0 aliphatic rings. The van der Waals surface area contributed by atoms with Crippen LogP contribution in [-0.4, -0.2) is 0 Å². The Hall–Kier alpha value is -0.110. The quantitative estimate of drug-likeness (QED) is 0.490. The minimum atomic E-state index is 1.32. The summed E-state index contributed by atoms with van der Waals surface area (Å²) in [5.74, 6) is 3.00. The molecule has 0 aliphatic carbocycles. The summed E-state index contributed by atoms with van der Waals surface area (Å²) in [6, 6.07) is 0. The molecule has 6 heavy (non-hydrogen) atoms. The van der Waals surface area contributed by atoms with Gasteiger partial charge in [0.2, 0.25) is 0 Å². The van der Waals surface area contributed by atoms with Gasteiger partial charge >= 0.3 is 0 Å². The van der Waals surface area contributed by atoms with Crippen molar-refractivity contribution in [2.45, 2.75) is 26.7 Å². The van der Waals surface area contributed by atoms with E-state index in [0.29, 0.717) is 0 Å². The lowest BCUT2D eigenvalue weighted by atomic mass is 10.4. The molecule has 0 saturated heterocycles. The van der Waals surface area contributed by atoms with E-state index in [4.69, 9.17) is 4.48 Å². The maximum absolute atomic E-state index is 9.00. The van der Waals surface area contributed by atoms with Crippen molar-refractivity contribution in [1.82, 2.24) is 0 Å². The average Bonchev–Trinajstić information content (AvgIpc) is 1.72. The topological polar surface area (TPSA) is 26.0 Å². The molecule has 0 aromatic carbocycles. The van der Waals surface area contributed by atoms with Gasteiger partial charge in [0.05, 0.1) is 0 Å². The molecular formula is C4H12FN. The molecule has 0 radical (unpaired) electrons. The minimum Gasteiger partial charge on any atom is -0.172 e. The Labute approximate surface area is 38.3 Å². The predicted molar refractivity (Wildman–Crippen MR) is 25.9 cm³/mol. The second-order valence-corrected chi connectivity index (χ2v) is 1.000. The van der Waals surface area contributed by atoms with Crippen LogP contribution in [0.3, 0.4) is 0 Å². The fraction of sp³-hybridized carbons (Fsp3) is 1.00. The Kier molecular flexibility index (Phi) is 32.1. The second-order valence-electron chi connectivity index (χ2n) is 1.000. The SMILES string of the molecule is CCCC.NF. The van der Waals surface area contributed by atoms with Crippen molar-refractivity contribution in [3.8, 4) is 0 Å². The van der Waals surface area contributed by atoms with Crippen molar-refractivity contribution in [2.75, 3.05) is 0 Å². The summed E-state index contributed by atoms with van der Waals surface area (Å²) >= 11 is 0. The highest BCUT2D eigenvalue weighted by Gasteiger charge is 1.56. The lowest BCUT2D eigenvalue weighted by Gasteiger charge is -1.68. The Balaban J connectivity index is 0. The zero-order chi connectivity index (χ0) is 5.41. The van der Waals surface area contributed by atoms with E-state index >= 15 is 0 Å². The second kappa shape index (κ2) is 20.7. The summed E-state index contributed by atoms with van der Waals surface area (Å²) in [4.78, 5) is 0. The number of nitrogens with two attached hydrogens (primary N) is 1. The molecule has 0 rings (SSSR count). The largest absolute Gasteiger partial charge is 0.172 e. The number of unbranched alkanes of at least 4 members (excludes halogenated alkanes) is 1. The molecule has 0 atom stereocenters. The van der Waals surface area contributed by atoms with E-state index in [2.05, 4.69) is 19.8 Å². The van der Waals surface area contributed by atoms with Crippen molar-refractivity contribution >= 4 is 0 Å². The van der Waals surface area contributed by atoms with Crippen molar-refractivity contribution in [3.63, 3.8) is 0 Å². The Bertz CT molecular complexity index is 9.51. The molecule has 0 aromatic heterocycles. The zero-order valence-electron chi connectivity index (χ0n) is 4.37. The summed E-state index contributed by atoms with van der Waals surface area (Å²) in [6.07, 6.45) is 2.64. The highest BCUT2D eigenvalue weighted by atomic mass is 19.2. The van der Waals surface area contributed by atoms with Gasteiger partial charge in [0, 0.05) is 0 Å². The van der Waals surface area contributed by atoms with Gasteiger partial charge in [-0.1, -0.05) is 26.7 Å². The summed E-state index contributed by atoms with van der Waals surface area (Å²) in [6.45, 7) is 4.36. The number of hydrogen-bond donors (Lipinski definition) is 1. The van der Waals surface area contributed by atoms with Crippen LogP contribution >= 0.6 is 0 Å². The molecule has 40 valence electrons. The average molecular weight is 93.1 g/mol. The van der Waals surface area contributed by atoms with Gasteiger partial charge in [0.1, 0.15) is 0 Å². The number of hydrogen-bond acceptors (Lipinski definition) is 1. The molecule has 2 N–H and O–H groups in total. The maximum Gasteiger partial charge on any atom is -0.0564 e. The first-order valence-corrected chi connectivity index (χ1v) is 2.13. The van der Waals surface area contributed by atoms with E-state index in [9.17, 15) is 0 Å². The van der Waals surface area contributed by atoms with E-state index in [1.807, 2.05) is 0 Å². The van der Waals surface area contributed by atoms with Crippen LogP contribution in [0.25, 0.3) is 0 Å². The van der Waals surface area contributed by atoms with Crippen molar-refractivity contribution < 1.29 is 4.48 Å². The molecule has 0 aromatic rings. The standard InChI is InChI=1S/C4H10.FH2N/c1-3-4-2;1-2/h3-4H2,1-2H3;2H2. The third-order valence-corrected chi connectivity index (χ3v) is 0.500. The maximum atomic E-state index is 9.00. The van der Waals surface area contributed by atoms with Crippen LogP contribution in [0.2, 0.25) is 0 Å². The van der Waals surface area contributed by atoms with Gasteiger partial charge in [-0.15, -0.1) is 4.48 Å². The third kappa shape index (κ3) is 41.0. The number of rotatable bonds is 1. The molecule has 0 fully saturated rings. The molecule has 0 spiro atoms. The molecule has 0 amide bonds. The third-order valence-electron chi connectivity index (χ3n) is 0.500. The summed E-state index contributed by atoms with van der Waals surface area (Å²) in [5, 5.41) is 0. The van der Waals surface area contributed by atoms with Gasteiger partial charge in [-0.25, -0.2) is 0 Å². The Morgan fingerprint density at radius 3 is 1.33 bits per heavy atom. The first kappa shape index (κ1) is 9.31. The van der Waals surface area contributed by atoms with E-state index in [1.54, 1.807) is 0 Å². The van der Waals surface area contributed by atoms with Gasteiger partial charge in [0.15, 0.2) is 0 Å². The van der Waals surface area contributed by atoms with Crippen LogP contribution in [0.5, 0.6) is 0 Å². The first-order chi connectivity index (χ1) is 2.91. The van der Waals surface area contributed by atoms with Crippen LogP contribution < -0.4 is 5.96 Å². The zero-order valence-corrected chi connectivity index (χ0v) is 4.37. The normalized spacial score (nSPS) is 6.00. The highest BCUT2D eigenvalue weighted by Crippen LogP contribution is 1.76. The molecule has 1 nitrogen and oxygen atoms in total. The van der Waals surface area contributed by atoms with E-state index in [1.165, 1.54) is 12.8 Å². The fourth-order valence-corrected chi connectivity index (χ4v) is 0. The number of halogens is 1. The van der Waals surface area contributed by atoms with Crippen LogP contribution in [0.4, 0.5) is 4.48 Å². The molecule has 0 unspecified atom stereocenters. The monoisotopic (exact) mass is 93.1 g/mol.